The minimum Gasteiger partial charge on any atom is -0.493 e. The summed E-state index contributed by atoms with van der Waals surface area (Å²) in [6.45, 7) is -0.00229. The molecule has 0 saturated carbocycles. The fourth-order valence-electron chi connectivity index (χ4n) is 2.16. The number of para-hydroxylation sites is 2. The Labute approximate surface area is 166 Å². The van der Waals surface area contributed by atoms with Gasteiger partial charge in [0.25, 0.3) is 0 Å². The maximum absolute atomic E-state index is 12.4. The van der Waals surface area contributed by atoms with Crippen LogP contribution in [0.5, 0.6) is 17.2 Å². The number of benzene rings is 1. The highest BCUT2D eigenvalue weighted by molar-refractivity contribution is 7.90. The molecule has 0 saturated heterocycles. The van der Waals surface area contributed by atoms with E-state index in [4.69, 9.17) is 21.1 Å². The number of pyridine rings is 1. The third kappa shape index (κ3) is 5.06. The van der Waals surface area contributed by atoms with E-state index in [1.165, 1.54) is 7.11 Å². The number of halogens is 1. The molecule has 146 valence electrons. The molecule has 0 bridgehead atoms. The fourth-order valence-corrected chi connectivity index (χ4v) is 3.15. The van der Waals surface area contributed by atoms with Gasteiger partial charge in [-0.25, -0.2) is 9.97 Å². The Balaban J connectivity index is 1.81. The molecule has 0 aliphatic carbocycles. The Kier molecular flexibility index (Phi) is 6.24. The van der Waals surface area contributed by atoms with Gasteiger partial charge in [0.2, 0.25) is 5.75 Å². The van der Waals surface area contributed by atoms with Crippen LogP contribution in [0.15, 0.2) is 55.0 Å². The van der Waals surface area contributed by atoms with Crippen LogP contribution < -0.4 is 18.9 Å². The molecule has 0 aliphatic rings. The topological polar surface area (TPSA) is 115 Å². The van der Waals surface area contributed by atoms with Crippen LogP contribution in [0.4, 0.5) is 5.82 Å². The van der Waals surface area contributed by atoms with E-state index < -0.39 is 10.2 Å². The highest BCUT2D eigenvalue weighted by atomic mass is 35.5. The zero-order valence-electron chi connectivity index (χ0n) is 14.7. The summed E-state index contributed by atoms with van der Waals surface area (Å²) in [5.41, 5.74) is 0.555. The second kappa shape index (κ2) is 8.83. The normalized spacial score (nSPS) is 11.1. The molecule has 0 radical (unpaired) electrons. The summed E-state index contributed by atoms with van der Waals surface area (Å²) in [6, 6.07) is 12.0. The van der Waals surface area contributed by atoms with E-state index in [-0.39, 0.29) is 23.3 Å². The first kappa shape index (κ1) is 19.8. The summed E-state index contributed by atoms with van der Waals surface area (Å²) < 4.78 is 40.4. The summed E-state index contributed by atoms with van der Waals surface area (Å²) in [5.74, 6) is 0.574. The van der Waals surface area contributed by atoms with Crippen LogP contribution in [-0.4, -0.2) is 30.5 Å². The fraction of sp³-hybridized carbons (Fsp3) is 0.118. The average molecular weight is 422 g/mol. The summed E-state index contributed by atoms with van der Waals surface area (Å²) in [5, 5.41) is -0.0664. The molecule has 0 aliphatic heterocycles. The molecule has 3 rings (SSSR count). The van der Waals surface area contributed by atoms with Gasteiger partial charge in [-0.1, -0.05) is 29.8 Å². The molecule has 0 fully saturated rings. The van der Waals surface area contributed by atoms with Crippen molar-refractivity contribution in [3.63, 3.8) is 0 Å². The molecule has 0 amide bonds. The summed E-state index contributed by atoms with van der Waals surface area (Å²) >= 11 is 6.09. The largest absolute Gasteiger partial charge is 0.493 e. The third-order valence-corrected chi connectivity index (χ3v) is 4.70. The van der Waals surface area contributed by atoms with Crippen molar-refractivity contribution < 1.29 is 17.9 Å². The van der Waals surface area contributed by atoms with Crippen molar-refractivity contribution in [1.29, 1.82) is 0 Å². The lowest BCUT2D eigenvalue weighted by molar-refractivity contribution is 0.378. The molecule has 0 unspecified atom stereocenters. The van der Waals surface area contributed by atoms with Crippen molar-refractivity contribution in [2.24, 2.45) is 0 Å². The van der Waals surface area contributed by atoms with Crippen LogP contribution in [0.1, 0.15) is 5.69 Å². The standard InChI is InChI=1S/C17H16ClN5O4S/c1-26-13-7-2-3-8-14(13)27-15-16(18)20-11-21-17(15)23-28(24,25)22-10-12-6-4-5-9-19-12/h2-9,11,22H,10H2,1H3,(H,20,21,23). The monoisotopic (exact) mass is 421 g/mol. The number of methoxy groups -OCH3 is 1. The highest BCUT2D eigenvalue weighted by Crippen LogP contribution is 2.37. The molecular formula is C17H16ClN5O4S. The predicted octanol–water partition coefficient (Wildman–Crippen LogP) is 2.77. The Morgan fingerprint density at radius 3 is 2.50 bits per heavy atom. The van der Waals surface area contributed by atoms with Crippen molar-refractivity contribution in [1.82, 2.24) is 19.7 Å². The van der Waals surface area contributed by atoms with E-state index in [2.05, 4.69) is 24.4 Å². The van der Waals surface area contributed by atoms with Crippen molar-refractivity contribution >= 4 is 27.6 Å². The molecule has 3 aromatic rings. The Hall–Kier alpha value is -2.95. The molecule has 2 heterocycles. The van der Waals surface area contributed by atoms with E-state index in [0.29, 0.717) is 17.2 Å². The van der Waals surface area contributed by atoms with E-state index in [9.17, 15) is 8.42 Å². The lowest BCUT2D eigenvalue weighted by Crippen LogP contribution is -2.30. The van der Waals surface area contributed by atoms with Gasteiger partial charge in [0.1, 0.15) is 6.33 Å². The van der Waals surface area contributed by atoms with Crippen molar-refractivity contribution in [3.05, 3.63) is 65.8 Å². The molecule has 9 nitrogen and oxygen atoms in total. The first-order valence-electron chi connectivity index (χ1n) is 7.97. The zero-order chi connectivity index (χ0) is 20.0. The van der Waals surface area contributed by atoms with Crippen LogP contribution in [0, 0.1) is 0 Å². The van der Waals surface area contributed by atoms with Crippen LogP contribution >= 0.6 is 11.6 Å². The first-order chi connectivity index (χ1) is 13.5. The maximum Gasteiger partial charge on any atom is 0.300 e. The van der Waals surface area contributed by atoms with Gasteiger partial charge >= 0.3 is 10.2 Å². The second-order valence-electron chi connectivity index (χ2n) is 5.34. The lowest BCUT2D eigenvalue weighted by atomic mass is 10.3. The van der Waals surface area contributed by atoms with Crippen LogP contribution in [0.25, 0.3) is 0 Å². The number of rotatable bonds is 8. The summed E-state index contributed by atoms with van der Waals surface area (Å²) in [7, 11) is -2.50. The van der Waals surface area contributed by atoms with E-state index in [0.717, 1.165) is 6.33 Å². The third-order valence-electron chi connectivity index (χ3n) is 3.44. The smallest absolute Gasteiger partial charge is 0.300 e. The van der Waals surface area contributed by atoms with Crippen molar-refractivity contribution in [2.75, 3.05) is 11.8 Å². The van der Waals surface area contributed by atoms with Crippen molar-refractivity contribution in [3.8, 4) is 17.2 Å². The Morgan fingerprint density at radius 2 is 1.79 bits per heavy atom. The Morgan fingerprint density at radius 1 is 1.04 bits per heavy atom. The molecule has 2 N–H and O–H groups in total. The second-order valence-corrected chi connectivity index (χ2v) is 7.20. The number of nitrogens with one attached hydrogen (secondary N) is 2. The number of anilines is 1. The Bertz CT molecular complexity index is 1050. The van der Waals surface area contributed by atoms with Gasteiger partial charge in [-0.15, -0.1) is 0 Å². The minimum atomic E-state index is -3.98. The molecule has 11 heteroatoms. The van der Waals surface area contributed by atoms with Gasteiger partial charge in [-0.05, 0) is 24.3 Å². The number of hydrogen-bond acceptors (Lipinski definition) is 7. The average Bonchev–Trinajstić information content (AvgIpc) is 2.70. The number of aromatic nitrogens is 3. The predicted molar refractivity (Wildman–Crippen MR) is 104 cm³/mol. The van der Waals surface area contributed by atoms with Gasteiger partial charge in [0.05, 0.1) is 19.3 Å². The van der Waals surface area contributed by atoms with Gasteiger partial charge in [-0.2, -0.15) is 13.1 Å². The maximum atomic E-state index is 12.4. The van der Waals surface area contributed by atoms with E-state index in [1.807, 2.05) is 0 Å². The number of nitrogens with zero attached hydrogens (tertiary/aromatic N) is 3. The molecular weight excluding hydrogens is 406 g/mol. The van der Waals surface area contributed by atoms with Gasteiger partial charge in [0, 0.05) is 6.20 Å². The number of ether oxygens (including phenoxy) is 2. The zero-order valence-corrected chi connectivity index (χ0v) is 16.2. The summed E-state index contributed by atoms with van der Waals surface area (Å²) in [4.78, 5) is 11.8. The first-order valence-corrected chi connectivity index (χ1v) is 9.83. The number of hydrogen-bond donors (Lipinski definition) is 2. The van der Waals surface area contributed by atoms with Gasteiger partial charge in [-0.3, -0.25) is 9.71 Å². The van der Waals surface area contributed by atoms with Crippen molar-refractivity contribution in [2.45, 2.75) is 6.54 Å². The molecule has 1 aromatic carbocycles. The quantitative estimate of drug-likeness (QED) is 0.537. The molecule has 0 atom stereocenters. The SMILES string of the molecule is COc1ccccc1Oc1c(Cl)ncnc1NS(=O)(=O)NCc1ccccn1. The molecule has 0 spiro atoms. The van der Waals surface area contributed by atoms with E-state index >= 15 is 0 Å². The minimum absolute atomic E-state index is 0.00229. The van der Waals surface area contributed by atoms with E-state index in [1.54, 1.807) is 48.7 Å². The lowest BCUT2D eigenvalue weighted by Gasteiger charge is -2.15. The van der Waals surface area contributed by atoms with Gasteiger partial charge in [0.15, 0.2) is 22.5 Å². The van der Waals surface area contributed by atoms with Crippen LogP contribution in [0.3, 0.4) is 0 Å². The molecule has 2 aromatic heterocycles. The molecule has 28 heavy (non-hydrogen) atoms. The van der Waals surface area contributed by atoms with Gasteiger partial charge < -0.3 is 9.47 Å². The van der Waals surface area contributed by atoms with Crippen LogP contribution in [-0.2, 0) is 16.8 Å². The summed E-state index contributed by atoms with van der Waals surface area (Å²) in [6.07, 6.45) is 2.69. The highest BCUT2D eigenvalue weighted by Gasteiger charge is 2.19. The van der Waals surface area contributed by atoms with Crippen LogP contribution in [0.2, 0.25) is 5.15 Å².